The lowest BCUT2D eigenvalue weighted by molar-refractivity contribution is -0.137. The topological polar surface area (TPSA) is 76.6 Å². The molecule has 2 atom stereocenters. The molecule has 4 rings (SSSR count). The van der Waals surface area contributed by atoms with E-state index >= 15 is 0 Å². The minimum atomic E-state index is -0.747. The third-order valence-electron chi connectivity index (χ3n) is 8.36. The van der Waals surface area contributed by atoms with Gasteiger partial charge in [0.15, 0.2) is 6.23 Å². The van der Waals surface area contributed by atoms with Crippen molar-refractivity contribution in [1.29, 1.82) is 0 Å². The highest BCUT2D eigenvalue weighted by atomic mass is 16.6. The highest BCUT2D eigenvalue weighted by molar-refractivity contribution is 5.70. The van der Waals surface area contributed by atoms with Crippen LogP contribution in [-0.2, 0) is 9.53 Å². The fourth-order valence-corrected chi connectivity index (χ4v) is 6.20. The Balaban J connectivity index is 1.22. The van der Waals surface area contributed by atoms with Crippen molar-refractivity contribution in [2.45, 2.75) is 82.5 Å². The van der Waals surface area contributed by atoms with Crippen molar-refractivity contribution in [2.24, 2.45) is 5.92 Å². The van der Waals surface area contributed by atoms with E-state index < -0.39 is 5.97 Å². The summed E-state index contributed by atoms with van der Waals surface area (Å²) >= 11 is 0. The summed E-state index contributed by atoms with van der Waals surface area (Å²) in [6.07, 6.45) is 11.6. The predicted molar refractivity (Wildman–Crippen MR) is 122 cm³/mol. The quantitative estimate of drug-likeness (QED) is 0.609. The summed E-state index contributed by atoms with van der Waals surface area (Å²) in [7, 11) is 1.88. The minimum absolute atomic E-state index is 0.115. The molecule has 182 valence electrons. The van der Waals surface area contributed by atoms with Gasteiger partial charge in [0, 0.05) is 45.8 Å². The number of nitrogens with zero attached hydrogens (tertiary/aromatic N) is 4. The minimum Gasteiger partial charge on any atom is -0.481 e. The number of likely N-dealkylation sites (tertiary alicyclic amines) is 1. The molecular formula is C24H42N4O4. The second-order valence-electron chi connectivity index (χ2n) is 10.3. The van der Waals surface area contributed by atoms with Crippen LogP contribution < -0.4 is 0 Å². The third-order valence-corrected chi connectivity index (χ3v) is 8.36. The Morgan fingerprint density at radius 1 is 0.938 bits per heavy atom. The molecule has 0 bridgehead atoms. The van der Waals surface area contributed by atoms with E-state index in [1.807, 2.05) is 7.05 Å². The number of likely N-dealkylation sites (N-methyl/N-ethyl adjacent to an activating group) is 1. The lowest BCUT2D eigenvalue weighted by Crippen LogP contribution is -2.54. The van der Waals surface area contributed by atoms with Gasteiger partial charge in [-0.1, -0.05) is 19.3 Å². The van der Waals surface area contributed by atoms with Crippen LogP contribution in [0.25, 0.3) is 0 Å². The summed E-state index contributed by atoms with van der Waals surface area (Å²) in [5, 5.41) is 8.91. The van der Waals surface area contributed by atoms with Crippen molar-refractivity contribution >= 4 is 12.1 Å². The Labute approximate surface area is 192 Å². The maximum absolute atomic E-state index is 12.3. The number of carboxylic acids is 1. The number of amides is 1. The highest BCUT2D eigenvalue weighted by Gasteiger charge is 2.43. The monoisotopic (exact) mass is 450 g/mol. The van der Waals surface area contributed by atoms with E-state index in [0.29, 0.717) is 6.54 Å². The molecule has 4 aliphatic rings. The summed E-state index contributed by atoms with van der Waals surface area (Å²) in [4.78, 5) is 32.2. The number of carbonyl (C=O) groups is 2. The van der Waals surface area contributed by atoms with Crippen molar-refractivity contribution in [3.05, 3.63) is 0 Å². The maximum atomic E-state index is 12.3. The van der Waals surface area contributed by atoms with Gasteiger partial charge in [-0.05, 0) is 57.5 Å². The number of carboxylic acid groups (broad SMARTS) is 1. The molecule has 8 nitrogen and oxygen atoms in total. The average Bonchev–Trinajstić information content (AvgIpc) is 3.11. The molecule has 0 spiro atoms. The first kappa shape index (κ1) is 23.8. The SMILES string of the molecule is CN1C(=O)OC(N2CCN(CCC(=O)O)CC2)C1CCC1CCN(C2CCCCC2)CC1. The molecule has 3 heterocycles. The number of rotatable bonds is 8. The Morgan fingerprint density at radius 2 is 1.62 bits per heavy atom. The summed E-state index contributed by atoms with van der Waals surface area (Å²) in [6.45, 7) is 6.38. The molecule has 8 heteroatoms. The van der Waals surface area contributed by atoms with Gasteiger partial charge >= 0.3 is 12.1 Å². The number of piperazine rings is 1. The second kappa shape index (κ2) is 11.2. The molecule has 3 aliphatic heterocycles. The first-order chi connectivity index (χ1) is 15.5. The smallest absolute Gasteiger partial charge is 0.411 e. The van der Waals surface area contributed by atoms with Gasteiger partial charge in [-0.3, -0.25) is 9.69 Å². The maximum Gasteiger partial charge on any atom is 0.411 e. The average molecular weight is 451 g/mol. The highest BCUT2D eigenvalue weighted by Crippen LogP contribution is 2.32. The van der Waals surface area contributed by atoms with E-state index in [2.05, 4.69) is 14.7 Å². The molecule has 2 unspecified atom stereocenters. The van der Waals surface area contributed by atoms with E-state index in [9.17, 15) is 9.59 Å². The number of cyclic esters (lactones) is 1. The summed E-state index contributed by atoms with van der Waals surface area (Å²) in [5.74, 6) is 0.0101. The zero-order valence-corrected chi connectivity index (χ0v) is 19.8. The van der Waals surface area contributed by atoms with Crippen molar-refractivity contribution < 1.29 is 19.4 Å². The zero-order chi connectivity index (χ0) is 22.5. The van der Waals surface area contributed by atoms with E-state index in [-0.39, 0.29) is 24.8 Å². The fourth-order valence-electron chi connectivity index (χ4n) is 6.20. The van der Waals surface area contributed by atoms with E-state index in [1.54, 1.807) is 4.90 Å². The van der Waals surface area contributed by atoms with Crippen LogP contribution in [0.4, 0.5) is 4.79 Å². The van der Waals surface area contributed by atoms with Gasteiger partial charge in [-0.15, -0.1) is 0 Å². The Hall–Kier alpha value is -1.38. The third kappa shape index (κ3) is 5.94. The second-order valence-corrected chi connectivity index (χ2v) is 10.3. The van der Waals surface area contributed by atoms with Crippen molar-refractivity contribution in [2.75, 3.05) is 52.9 Å². The first-order valence-corrected chi connectivity index (χ1v) is 12.9. The molecule has 0 aromatic carbocycles. The number of hydrogen-bond acceptors (Lipinski definition) is 6. The molecule has 1 aliphatic carbocycles. The van der Waals surface area contributed by atoms with Crippen LogP contribution in [0.15, 0.2) is 0 Å². The molecule has 0 radical (unpaired) electrons. The van der Waals surface area contributed by atoms with E-state index in [4.69, 9.17) is 9.84 Å². The fraction of sp³-hybridized carbons (Fsp3) is 0.917. The molecular weight excluding hydrogens is 408 g/mol. The largest absolute Gasteiger partial charge is 0.481 e. The molecule has 1 amide bonds. The van der Waals surface area contributed by atoms with Gasteiger partial charge in [0.05, 0.1) is 12.5 Å². The van der Waals surface area contributed by atoms with Gasteiger partial charge in [0.2, 0.25) is 0 Å². The number of ether oxygens (including phenoxy) is 1. The van der Waals surface area contributed by atoms with E-state index in [1.165, 1.54) is 64.5 Å². The van der Waals surface area contributed by atoms with Crippen LogP contribution in [0.1, 0.15) is 64.2 Å². The van der Waals surface area contributed by atoms with Gasteiger partial charge in [0.1, 0.15) is 0 Å². The molecule has 3 saturated heterocycles. The summed E-state index contributed by atoms with van der Waals surface area (Å²) in [5.41, 5.74) is 0. The number of aliphatic carboxylic acids is 1. The van der Waals surface area contributed by atoms with E-state index in [0.717, 1.165) is 44.6 Å². The molecule has 4 fully saturated rings. The standard InChI is InChI=1S/C24H42N4O4/c1-25-21(8-7-19-9-13-27(14-10-19)20-5-3-2-4-6-20)23(32-24(25)31)28-17-15-26(16-18-28)12-11-22(29)30/h19-21,23H,2-18H2,1H3,(H,29,30). The number of piperidine rings is 1. The van der Waals surface area contributed by atoms with Crippen LogP contribution in [0.2, 0.25) is 0 Å². The van der Waals surface area contributed by atoms with Gasteiger partial charge in [-0.25, -0.2) is 4.79 Å². The molecule has 0 aromatic heterocycles. The Kier molecular flexibility index (Phi) is 8.29. The van der Waals surface area contributed by atoms with Crippen LogP contribution in [0.3, 0.4) is 0 Å². The summed E-state index contributed by atoms with van der Waals surface area (Å²) in [6, 6.07) is 0.944. The van der Waals surface area contributed by atoms with Crippen molar-refractivity contribution in [3.63, 3.8) is 0 Å². The van der Waals surface area contributed by atoms with Crippen LogP contribution >= 0.6 is 0 Å². The number of carbonyl (C=O) groups excluding carboxylic acids is 1. The Morgan fingerprint density at radius 3 is 2.28 bits per heavy atom. The van der Waals surface area contributed by atoms with Crippen molar-refractivity contribution in [3.8, 4) is 0 Å². The van der Waals surface area contributed by atoms with Crippen molar-refractivity contribution in [1.82, 2.24) is 19.6 Å². The first-order valence-electron chi connectivity index (χ1n) is 12.9. The lowest BCUT2D eigenvalue weighted by Gasteiger charge is -2.40. The number of hydrogen-bond donors (Lipinski definition) is 1. The Bertz CT molecular complexity index is 625. The van der Waals surface area contributed by atoms with Crippen LogP contribution in [0, 0.1) is 5.92 Å². The predicted octanol–water partition coefficient (Wildman–Crippen LogP) is 2.68. The molecule has 0 aromatic rings. The van der Waals surface area contributed by atoms with Gasteiger partial charge < -0.3 is 24.5 Å². The summed E-state index contributed by atoms with van der Waals surface area (Å²) < 4.78 is 5.79. The van der Waals surface area contributed by atoms with Crippen LogP contribution in [-0.4, -0.2) is 108 Å². The molecule has 32 heavy (non-hydrogen) atoms. The lowest BCUT2D eigenvalue weighted by atomic mass is 9.87. The van der Waals surface area contributed by atoms with Gasteiger partial charge in [0.25, 0.3) is 0 Å². The normalized spacial score (nSPS) is 30.0. The molecule has 1 N–H and O–H groups in total. The zero-order valence-electron chi connectivity index (χ0n) is 19.8. The van der Waals surface area contributed by atoms with Gasteiger partial charge in [-0.2, -0.15) is 0 Å². The molecule has 1 saturated carbocycles. The van der Waals surface area contributed by atoms with Crippen LogP contribution in [0.5, 0.6) is 0 Å².